The van der Waals surface area contributed by atoms with Crippen LogP contribution in [0.2, 0.25) is 0 Å². The van der Waals surface area contributed by atoms with Crippen LogP contribution < -0.4 is 5.32 Å². The molecule has 1 fully saturated rings. The van der Waals surface area contributed by atoms with E-state index in [-0.39, 0.29) is 18.4 Å². The second kappa shape index (κ2) is 8.25. The number of amides is 1. The zero-order valence-corrected chi connectivity index (χ0v) is 11.2. The van der Waals surface area contributed by atoms with Gasteiger partial charge in [0, 0.05) is 35.8 Å². The van der Waals surface area contributed by atoms with E-state index in [9.17, 15) is 4.79 Å². The Morgan fingerprint density at radius 1 is 1.44 bits per heavy atom. The summed E-state index contributed by atoms with van der Waals surface area (Å²) < 4.78 is 0. The van der Waals surface area contributed by atoms with Crippen LogP contribution in [-0.2, 0) is 4.79 Å². The average Bonchev–Trinajstić information content (AvgIpc) is 2.77. The van der Waals surface area contributed by atoms with Crippen LogP contribution in [0, 0.1) is 5.92 Å². The summed E-state index contributed by atoms with van der Waals surface area (Å²) in [5, 5.41) is 12.1. The third-order valence-electron chi connectivity index (χ3n) is 2.79. The fourth-order valence-corrected chi connectivity index (χ4v) is 3.52. The van der Waals surface area contributed by atoms with Gasteiger partial charge in [-0.1, -0.05) is 0 Å². The number of nitrogens with one attached hydrogen (secondary N) is 1. The normalized spacial score (nSPS) is 24.6. The van der Waals surface area contributed by atoms with Gasteiger partial charge in [-0.15, -0.1) is 0 Å². The first-order valence-corrected chi connectivity index (χ1v) is 7.57. The molecule has 94 valence electrons. The first-order chi connectivity index (χ1) is 7.77. The summed E-state index contributed by atoms with van der Waals surface area (Å²) in [6.07, 6.45) is 3.74. The molecule has 3 nitrogen and oxygen atoms in total. The van der Waals surface area contributed by atoms with Crippen LogP contribution in [0.1, 0.15) is 25.7 Å². The molecule has 0 bridgehead atoms. The van der Waals surface area contributed by atoms with E-state index in [1.54, 1.807) is 0 Å². The second-order valence-corrected chi connectivity index (χ2v) is 5.84. The predicted octanol–water partition coefficient (Wildman–Crippen LogP) is 1.32. The van der Waals surface area contributed by atoms with Crippen molar-refractivity contribution in [1.29, 1.82) is 0 Å². The lowest BCUT2D eigenvalue weighted by Crippen LogP contribution is -2.31. The number of carbonyl (C=O) groups excluding carboxylic acids is 1. The van der Waals surface area contributed by atoms with Crippen LogP contribution in [0.3, 0.4) is 0 Å². The van der Waals surface area contributed by atoms with Crippen LogP contribution >= 0.6 is 24.4 Å². The molecular weight excluding hydrogens is 242 g/mol. The molecular formula is C11H21NO2S2. The molecule has 0 saturated carbocycles. The van der Waals surface area contributed by atoms with E-state index in [2.05, 4.69) is 17.9 Å². The maximum absolute atomic E-state index is 11.7. The third-order valence-corrected chi connectivity index (χ3v) is 4.90. The van der Waals surface area contributed by atoms with Crippen molar-refractivity contribution in [3.8, 4) is 0 Å². The number of hydrogen-bond donors (Lipinski definition) is 3. The van der Waals surface area contributed by atoms with Crippen molar-refractivity contribution in [2.24, 2.45) is 5.92 Å². The molecule has 0 aromatic rings. The maximum Gasteiger partial charge on any atom is 0.223 e. The topological polar surface area (TPSA) is 49.3 Å². The molecule has 1 amide bonds. The minimum atomic E-state index is 0.181. The number of hydrogen-bond acceptors (Lipinski definition) is 4. The molecule has 2 atom stereocenters. The van der Waals surface area contributed by atoms with Gasteiger partial charge in [-0.3, -0.25) is 4.79 Å². The molecule has 1 aliphatic rings. The Morgan fingerprint density at radius 2 is 2.25 bits per heavy atom. The third kappa shape index (κ3) is 4.97. The SMILES string of the molecule is O=C(NCCCCCO)C1CSC(CS)C1. The van der Waals surface area contributed by atoms with Crippen LogP contribution in [0.5, 0.6) is 0 Å². The highest BCUT2D eigenvalue weighted by atomic mass is 32.2. The Bertz CT molecular complexity index is 214. The van der Waals surface area contributed by atoms with Crippen molar-refractivity contribution in [2.45, 2.75) is 30.9 Å². The highest BCUT2D eigenvalue weighted by Gasteiger charge is 2.29. The minimum Gasteiger partial charge on any atom is -0.396 e. The second-order valence-electron chi connectivity index (χ2n) is 4.15. The fraction of sp³-hybridized carbons (Fsp3) is 0.909. The van der Waals surface area contributed by atoms with Gasteiger partial charge in [-0.25, -0.2) is 0 Å². The molecule has 0 aromatic carbocycles. The van der Waals surface area contributed by atoms with Crippen molar-refractivity contribution in [2.75, 3.05) is 24.7 Å². The predicted molar refractivity (Wildman–Crippen MR) is 72.2 cm³/mol. The molecule has 2 N–H and O–H groups in total. The molecule has 16 heavy (non-hydrogen) atoms. The first kappa shape index (κ1) is 14.2. The molecule has 0 spiro atoms. The Balaban J connectivity index is 2.06. The van der Waals surface area contributed by atoms with Gasteiger partial charge in [-0.05, 0) is 25.7 Å². The van der Waals surface area contributed by atoms with Gasteiger partial charge in [0.1, 0.15) is 0 Å². The summed E-state index contributed by atoms with van der Waals surface area (Å²) in [6.45, 7) is 0.988. The van der Waals surface area contributed by atoms with Crippen LogP contribution in [0.25, 0.3) is 0 Å². The number of thioether (sulfide) groups is 1. The zero-order chi connectivity index (χ0) is 11.8. The summed E-state index contributed by atoms with van der Waals surface area (Å²) >= 11 is 6.11. The Labute approximate surface area is 107 Å². The number of aliphatic hydroxyl groups excluding tert-OH is 1. The fourth-order valence-electron chi connectivity index (χ4n) is 1.79. The quantitative estimate of drug-likeness (QED) is 0.479. The molecule has 0 aromatic heterocycles. The Hall–Kier alpha value is 0.130. The van der Waals surface area contributed by atoms with Gasteiger partial charge >= 0.3 is 0 Å². The summed E-state index contributed by atoms with van der Waals surface area (Å²) in [5.74, 6) is 2.18. The summed E-state index contributed by atoms with van der Waals surface area (Å²) in [4.78, 5) is 11.7. The monoisotopic (exact) mass is 263 g/mol. The van der Waals surface area contributed by atoms with Gasteiger partial charge in [-0.2, -0.15) is 24.4 Å². The van der Waals surface area contributed by atoms with Crippen LogP contribution in [0.4, 0.5) is 0 Å². The lowest BCUT2D eigenvalue weighted by molar-refractivity contribution is -0.124. The van der Waals surface area contributed by atoms with Gasteiger partial charge in [0.15, 0.2) is 0 Å². The molecule has 2 unspecified atom stereocenters. The van der Waals surface area contributed by atoms with Gasteiger partial charge in [0.2, 0.25) is 5.91 Å². The highest BCUT2D eigenvalue weighted by molar-refractivity contribution is 8.00. The van der Waals surface area contributed by atoms with E-state index < -0.39 is 0 Å². The van der Waals surface area contributed by atoms with Crippen molar-refractivity contribution >= 4 is 30.3 Å². The molecule has 1 heterocycles. The van der Waals surface area contributed by atoms with Crippen molar-refractivity contribution in [3.05, 3.63) is 0 Å². The molecule has 1 aliphatic heterocycles. The van der Waals surface area contributed by atoms with Gasteiger partial charge in [0.05, 0.1) is 0 Å². The Kier molecular flexibility index (Phi) is 7.32. The van der Waals surface area contributed by atoms with E-state index in [1.165, 1.54) is 0 Å². The van der Waals surface area contributed by atoms with E-state index in [4.69, 9.17) is 5.11 Å². The van der Waals surface area contributed by atoms with Crippen molar-refractivity contribution in [3.63, 3.8) is 0 Å². The zero-order valence-electron chi connectivity index (χ0n) is 9.52. The van der Waals surface area contributed by atoms with Crippen molar-refractivity contribution in [1.82, 2.24) is 5.32 Å². The number of thiol groups is 1. The molecule has 1 saturated heterocycles. The molecule has 5 heteroatoms. The number of aliphatic hydroxyl groups is 1. The lowest BCUT2D eigenvalue weighted by Gasteiger charge is -2.10. The van der Waals surface area contributed by atoms with E-state index in [1.807, 2.05) is 11.8 Å². The Morgan fingerprint density at radius 3 is 2.88 bits per heavy atom. The highest BCUT2D eigenvalue weighted by Crippen LogP contribution is 2.31. The summed E-state index contributed by atoms with van der Waals surface area (Å²) in [5.41, 5.74) is 0. The maximum atomic E-state index is 11.7. The van der Waals surface area contributed by atoms with Gasteiger partial charge in [0.25, 0.3) is 0 Å². The number of rotatable bonds is 7. The summed E-state index contributed by atoms with van der Waals surface area (Å²) in [7, 11) is 0. The van der Waals surface area contributed by atoms with E-state index in [0.717, 1.165) is 43.7 Å². The van der Waals surface area contributed by atoms with Crippen molar-refractivity contribution < 1.29 is 9.90 Å². The molecule has 0 aliphatic carbocycles. The van der Waals surface area contributed by atoms with Crippen LogP contribution in [-0.4, -0.2) is 40.9 Å². The standard InChI is InChI=1S/C11H21NO2S2/c13-5-3-1-2-4-12-11(14)9-6-10(7-15)16-8-9/h9-10,13,15H,1-8H2,(H,12,14). The minimum absolute atomic E-state index is 0.181. The summed E-state index contributed by atoms with van der Waals surface area (Å²) in [6, 6.07) is 0. The average molecular weight is 263 g/mol. The largest absolute Gasteiger partial charge is 0.396 e. The smallest absolute Gasteiger partial charge is 0.223 e. The van der Waals surface area contributed by atoms with E-state index >= 15 is 0 Å². The number of carbonyl (C=O) groups is 1. The molecule has 0 radical (unpaired) electrons. The van der Waals surface area contributed by atoms with E-state index in [0.29, 0.717) is 5.25 Å². The molecule has 1 rings (SSSR count). The first-order valence-electron chi connectivity index (χ1n) is 5.89. The van der Waals surface area contributed by atoms with Crippen LogP contribution in [0.15, 0.2) is 0 Å². The lowest BCUT2D eigenvalue weighted by atomic mass is 10.1. The van der Waals surface area contributed by atoms with Gasteiger partial charge < -0.3 is 10.4 Å². The number of unbranched alkanes of at least 4 members (excludes halogenated alkanes) is 2.